The monoisotopic (exact) mass is 525 g/mol. The van der Waals surface area contributed by atoms with Crippen molar-refractivity contribution in [2.75, 3.05) is 7.11 Å². The van der Waals surface area contributed by atoms with Gasteiger partial charge in [0.25, 0.3) is 11.7 Å². The number of aliphatic hydroxyl groups excluding tert-OH is 1. The summed E-state index contributed by atoms with van der Waals surface area (Å²) >= 11 is 1.51. The van der Waals surface area contributed by atoms with Crippen LogP contribution in [0.25, 0.3) is 5.76 Å². The number of benzene rings is 3. The van der Waals surface area contributed by atoms with Gasteiger partial charge in [0.1, 0.15) is 23.0 Å². The lowest BCUT2D eigenvalue weighted by Gasteiger charge is -2.25. The Kier molecular flexibility index (Phi) is 7.03. The maximum atomic E-state index is 13.5. The van der Waals surface area contributed by atoms with E-state index in [-0.39, 0.29) is 17.9 Å². The Labute approximate surface area is 225 Å². The van der Waals surface area contributed by atoms with Crippen LogP contribution in [0.1, 0.15) is 33.2 Å². The first-order valence-electron chi connectivity index (χ1n) is 12.2. The van der Waals surface area contributed by atoms with Crippen LogP contribution in [0.2, 0.25) is 0 Å². The molecule has 0 spiro atoms. The van der Waals surface area contributed by atoms with Crippen LogP contribution >= 0.6 is 11.3 Å². The van der Waals surface area contributed by atoms with Gasteiger partial charge in [0, 0.05) is 10.4 Å². The lowest BCUT2D eigenvalue weighted by atomic mass is 9.93. The summed E-state index contributed by atoms with van der Waals surface area (Å²) in [6, 6.07) is 23.3. The van der Waals surface area contributed by atoms with E-state index in [1.807, 2.05) is 92.0 Å². The average Bonchev–Trinajstić information content (AvgIpc) is 3.52. The molecule has 1 aliphatic heterocycles. The fourth-order valence-corrected chi connectivity index (χ4v) is 5.45. The van der Waals surface area contributed by atoms with Crippen molar-refractivity contribution in [3.05, 3.63) is 117 Å². The number of ketones is 1. The Bertz CT molecular complexity index is 1530. The third-order valence-electron chi connectivity index (χ3n) is 6.60. The number of likely N-dealkylation sites (tertiary alicyclic amines) is 1. The van der Waals surface area contributed by atoms with Crippen molar-refractivity contribution in [2.24, 2.45) is 0 Å². The molecule has 38 heavy (non-hydrogen) atoms. The highest BCUT2D eigenvalue weighted by molar-refractivity contribution is 7.09. The number of hydrogen-bond acceptors (Lipinski definition) is 6. The topological polar surface area (TPSA) is 76.1 Å². The van der Waals surface area contributed by atoms with E-state index in [1.54, 1.807) is 13.2 Å². The largest absolute Gasteiger partial charge is 0.507 e. The van der Waals surface area contributed by atoms with Crippen molar-refractivity contribution in [3.63, 3.8) is 0 Å². The van der Waals surface area contributed by atoms with E-state index in [4.69, 9.17) is 9.47 Å². The van der Waals surface area contributed by atoms with Gasteiger partial charge in [-0.3, -0.25) is 9.59 Å². The van der Waals surface area contributed by atoms with Gasteiger partial charge in [0.05, 0.1) is 25.3 Å². The van der Waals surface area contributed by atoms with Gasteiger partial charge < -0.3 is 19.5 Å². The number of carbonyl (C=O) groups excluding carboxylic acids is 2. The molecule has 2 heterocycles. The van der Waals surface area contributed by atoms with Crippen molar-refractivity contribution in [1.82, 2.24) is 4.90 Å². The van der Waals surface area contributed by atoms with Crippen LogP contribution in [0.15, 0.2) is 89.8 Å². The van der Waals surface area contributed by atoms with Gasteiger partial charge >= 0.3 is 0 Å². The Hall–Kier alpha value is -4.36. The lowest BCUT2D eigenvalue weighted by molar-refractivity contribution is -0.140. The summed E-state index contributed by atoms with van der Waals surface area (Å²) in [5, 5.41) is 13.5. The van der Waals surface area contributed by atoms with Crippen LogP contribution in [0, 0.1) is 13.8 Å². The van der Waals surface area contributed by atoms with Gasteiger partial charge in [0.15, 0.2) is 0 Å². The molecule has 0 radical (unpaired) electrons. The molecule has 1 amide bonds. The minimum Gasteiger partial charge on any atom is -0.507 e. The quantitative estimate of drug-likeness (QED) is 0.163. The molecule has 1 N–H and O–H groups in total. The summed E-state index contributed by atoms with van der Waals surface area (Å²) in [4.78, 5) is 29.3. The Morgan fingerprint density at radius 3 is 2.39 bits per heavy atom. The van der Waals surface area contributed by atoms with E-state index in [1.165, 1.54) is 16.2 Å². The van der Waals surface area contributed by atoms with Crippen LogP contribution in [-0.4, -0.2) is 28.8 Å². The number of thiophene rings is 1. The molecule has 6 nitrogen and oxygen atoms in total. The second-order valence-electron chi connectivity index (χ2n) is 9.13. The minimum atomic E-state index is -0.793. The predicted molar refractivity (Wildman–Crippen MR) is 148 cm³/mol. The molecule has 1 atom stereocenters. The third-order valence-corrected chi connectivity index (χ3v) is 7.46. The van der Waals surface area contributed by atoms with Crippen molar-refractivity contribution >= 4 is 28.8 Å². The molecule has 1 saturated heterocycles. The summed E-state index contributed by atoms with van der Waals surface area (Å²) in [5.41, 5.74) is 2.74. The second kappa shape index (κ2) is 10.6. The SMILES string of the molecule is COc1cc(C)c(/C(O)=C2\C(=O)C(=O)N(Cc3cccs3)C2c2cccc(Oc3ccccc3)c2)cc1C. The number of aryl methyl sites for hydroxylation is 2. The second-order valence-corrected chi connectivity index (χ2v) is 10.2. The number of nitrogens with zero attached hydrogens (tertiary/aromatic N) is 1. The van der Waals surface area contributed by atoms with Crippen molar-refractivity contribution in [3.8, 4) is 17.2 Å². The molecular formula is C31H27NO5S. The molecule has 1 unspecified atom stereocenters. The highest BCUT2D eigenvalue weighted by atomic mass is 32.1. The minimum absolute atomic E-state index is 0.0519. The number of rotatable bonds is 7. The van der Waals surface area contributed by atoms with E-state index in [0.717, 1.165) is 16.0 Å². The summed E-state index contributed by atoms with van der Waals surface area (Å²) in [5.74, 6) is 0.334. The number of Topliss-reactive ketones (excluding diaryl/α,β-unsaturated/α-hetero) is 1. The molecule has 192 valence electrons. The maximum Gasteiger partial charge on any atom is 0.295 e. The summed E-state index contributed by atoms with van der Waals surface area (Å²) in [7, 11) is 1.59. The van der Waals surface area contributed by atoms with Crippen LogP contribution in [0.4, 0.5) is 0 Å². The highest BCUT2D eigenvalue weighted by Gasteiger charge is 2.46. The summed E-state index contributed by atoms with van der Waals surface area (Å²) < 4.78 is 11.4. The molecule has 7 heteroatoms. The Morgan fingerprint density at radius 2 is 1.68 bits per heavy atom. The first-order valence-corrected chi connectivity index (χ1v) is 13.0. The normalized spacial score (nSPS) is 16.6. The van der Waals surface area contributed by atoms with Gasteiger partial charge in [-0.05, 0) is 78.4 Å². The molecule has 0 saturated carbocycles. The van der Waals surface area contributed by atoms with Gasteiger partial charge in [-0.25, -0.2) is 0 Å². The number of aliphatic hydroxyl groups is 1. The number of carbonyl (C=O) groups is 2. The number of ether oxygens (including phenoxy) is 2. The molecule has 0 aliphatic carbocycles. The molecular weight excluding hydrogens is 498 g/mol. The number of methoxy groups -OCH3 is 1. The van der Waals surface area contributed by atoms with Crippen LogP contribution < -0.4 is 9.47 Å². The fourth-order valence-electron chi connectivity index (χ4n) is 4.74. The van der Waals surface area contributed by atoms with Crippen molar-refractivity contribution in [1.29, 1.82) is 0 Å². The molecule has 1 aliphatic rings. The average molecular weight is 526 g/mol. The van der Waals surface area contributed by atoms with Crippen LogP contribution in [-0.2, 0) is 16.1 Å². The van der Waals surface area contributed by atoms with Crippen LogP contribution in [0.3, 0.4) is 0 Å². The molecule has 5 rings (SSSR count). The summed E-state index contributed by atoms with van der Waals surface area (Å²) in [6.45, 7) is 3.95. The van der Waals surface area contributed by atoms with Gasteiger partial charge in [0.2, 0.25) is 0 Å². The van der Waals surface area contributed by atoms with Crippen molar-refractivity contribution < 1.29 is 24.2 Å². The Balaban J connectivity index is 1.64. The van der Waals surface area contributed by atoms with E-state index in [9.17, 15) is 14.7 Å². The summed E-state index contributed by atoms with van der Waals surface area (Å²) in [6.07, 6.45) is 0. The third kappa shape index (κ3) is 4.80. The first kappa shape index (κ1) is 25.3. The van der Waals surface area contributed by atoms with Gasteiger partial charge in [-0.15, -0.1) is 11.3 Å². The zero-order valence-electron chi connectivity index (χ0n) is 21.3. The van der Waals surface area contributed by atoms with E-state index in [2.05, 4.69) is 0 Å². The highest BCUT2D eigenvalue weighted by Crippen LogP contribution is 2.42. The van der Waals surface area contributed by atoms with Gasteiger partial charge in [-0.2, -0.15) is 0 Å². The molecule has 4 aromatic rings. The first-order chi connectivity index (χ1) is 18.4. The van der Waals surface area contributed by atoms with Crippen LogP contribution in [0.5, 0.6) is 17.2 Å². The molecule has 3 aromatic carbocycles. The molecule has 1 aromatic heterocycles. The Morgan fingerprint density at radius 1 is 0.921 bits per heavy atom. The molecule has 1 fully saturated rings. The lowest BCUT2D eigenvalue weighted by Crippen LogP contribution is -2.28. The fraction of sp³-hybridized carbons (Fsp3) is 0.161. The predicted octanol–water partition coefficient (Wildman–Crippen LogP) is 6.79. The maximum absolute atomic E-state index is 13.5. The number of hydrogen-bond donors (Lipinski definition) is 1. The zero-order chi connectivity index (χ0) is 26.8. The smallest absolute Gasteiger partial charge is 0.295 e. The number of para-hydroxylation sites is 1. The molecule has 0 bridgehead atoms. The van der Waals surface area contributed by atoms with Gasteiger partial charge in [-0.1, -0.05) is 36.4 Å². The zero-order valence-corrected chi connectivity index (χ0v) is 22.1. The van der Waals surface area contributed by atoms with E-state index in [0.29, 0.717) is 28.4 Å². The van der Waals surface area contributed by atoms with E-state index < -0.39 is 17.7 Å². The standard InChI is InChI=1S/C31H27NO5S/c1-19-16-26(36-3)20(2)15-25(19)29(33)27-28(32(31(35)30(27)34)18-24-13-8-14-38-24)21-9-7-12-23(17-21)37-22-10-5-4-6-11-22/h4-17,28,33H,18H2,1-3H3/b29-27+. The van der Waals surface area contributed by atoms with E-state index >= 15 is 0 Å². The van der Waals surface area contributed by atoms with Crippen molar-refractivity contribution in [2.45, 2.75) is 26.4 Å². The number of amides is 1.